The van der Waals surface area contributed by atoms with Crippen LogP contribution in [0.1, 0.15) is 21.5 Å². The van der Waals surface area contributed by atoms with E-state index in [2.05, 4.69) is 25.9 Å². The van der Waals surface area contributed by atoms with Gasteiger partial charge in [-0.25, -0.2) is 10.1 Å². The topological polar surface area (TPSA) is 106 Å². The lowest BCUT2D eigenvalue weighted by atomic mass is 10.1. The number of hydrogen-bond acceptors (Lipinski definition) is 5. The number of tetrazole rings is 1. The summed E-state index contributed by atoms with van der Waals surface area (Å²) in [5.41, 5.74) is 2.33. The molecule has 0 saturated heterocycles. The number of halogens is 4. The molecule has 188 valence electrons. The number of nitrogens with one attached hydrogen (secondary N) is 2. The SMILES string of the molecule is Cn1c(=Nc2ccc(Cl)cc2)n(Cc2ccc(C(=O)Nc3nnn[nH]3)cc2)c2cc(C(F)(F)F)ccc21. The predicted octanol–water partition coefficient (Wildman–Crippen LogP) is 4.70. The van der Waals surface area contributed by atoms with E-state index in [4.69, 9.17) is 16.6 Å². The standard InChI is InChI=1S/C24H18ClF3N8O/c1-35-19-11-6-16(24(26,27)28)12-20(19)36(23(35)29-18-9-7-17(25)8-10-18)13-14-2-4-15(5-3-14)21(37)30-22-31-33-34-32-22/h2-12H,13H2,1H3,(H2,30,31,32,33,34,37). The molecule has 2 heterocycles. The molecule has 0 aliphatic heterocycles. The number of fused-ring (bicyclic) bond motifs is 1. The van der Waals surface area contributed by atoms with Crippen molar-refractivity contribution in [2.45, 2.75) is 12.7 Å². The summed E-state index contributed by atoms with van der Waals surface area (Å²) in [6, 6.07) is 17.1. The van der Waals surface area contributed by atoms with Crippen molar-refractivity contribution in [1.82, 2.24) is 29.8 Å². The van der Waals surface area contributed by atoms with Crippen molar-refractivity contribution in [2.75, 3.05) is 5.32 Å². The molecule has 0 aliphatic rings. The highest BCUT2D eigenvalue weighted by atomic mass is 35.5. The summed E-state index contributed by atoms with van der Waals surface area (Å²) in [7, 11) is 1.74. The smallest absolute Gasteiger partial charge is 0.313 e. The monoisotopic (exact) mass is 526 g/mol. The van der Waals surface area contributed by atoms with Gasteiger partial charge in [-0.2, -0.15) is 13.2 Å². The molecule has 1 amide bonds. The van der Waals surface area contributed by atoms with Crippen LogP contribution in [0, 0.1) is 0 Å². The molecule has 0 unspecified atom stereocenters. The number of carbonyl (C=O) groups excluding carboxylic acids is 1. The second kappa shape index (κ2) is 9.54. The predicted molar refractivity (Wildman–Crippen MR) is 130 cm³/mol. The number of nitrogens with zero attached hydrogens (tertiary/aromatic N) is 6. The van der Waals surface area contributed by atoms with E-state index in [0.717, 1.165) is 17.7 Å². The summed E-state index contributed by atoms with van der Waals surface area (Å²) < 4.78 is 44.0. The van der Waals surface area contributed by atoms with Gasteiger partial charge in [-0.05, 0) is 70.6 Å². The quantitative estimate of drug-likeness (QED) is 0.346. The Bertz CT molecular complexity index is 1640. The first-order chi connectivity index (χ1) is 17.7. The minimum absolute atomic E-state index is 0.106. The van der Waals surface area contributed by atoms with Crippen LogP contribution in [0.4, 0.5) is 24.8 Å². The molecule has 2 aromatic heterocycles. The Hall–Kier alpha value is -4.45. The summed E-state index contributed by atoms with van der Waals surface area (Å²) in [6.45, 7) is 0.207. The van der Waals surface area contributed by atoms with Crippen molar-refractivity contribution in [2.24, 2.45) is 12.0 Å². The number of carbonyl (C=O) groups is 1. The van der Waals surface area contributed by atoms with Gasteiger partial charge in [-0.3, -0.25) is 10.1 Å². The van der Waals surface area contributed by atoms with Gasteiger partial charge in [0, 0.05) is 17.6 Å². The van der Waals surface area contributed by atoms with Crippen LogP contribution in [-0.2, 0) is 19.8 Å². The Kier molecular flexibility index (Phi) is 6.25. The Morgan fingerprint density at radius 2 is 1.78 bits per heavy atom. The van der Waals surface area contributed by atoms with Crippen molar-refractivity contribution in [3.8, 4) is 0 Å². The van der Waals surface area contributed by atoms with Gasteiger partial charge < -0.3 is 9.13 Å². The second-order valence-electron chi connectivity index (χ2n) is 8.14. The molecule has 0 aliphatic carbocycles. The average molecular weight is 527 g/mol. The third-order valence-electron chi connectivity index (χ3n) is 5.69. The van der Waals surface area contributed by atoms with E-state index >= 15 is 0 Å². The van der Waals surface area contributed by atoms with Gasteiger partial charge in [0.25, 0.3) is 5.91 Å². The number of hydrogen-bond donors (Lipinski definition) is 2. The lowest BCUT2D eigenvalue weighted by molar-refractivity contribution is -0.137. The van der Waals surface area contributed by atoms with Gasteiger partial charge in [0.1, 0.15) is 0 Å². The van der Waals surface area contributed by atoms with E-state index in [0.29, 0.717) is 32.9 Å². The minimum Gasteiger partial charge on any atom is -0.313 e. The molecule has 0 spiro atoms. The maximum absolute atomic E-state index is 13.5. The number of anilines is 1. The Labute approximate surface area is 212 Å². The van der Waals surface area contributed by atoms with Gasteiger partial charge in [-0.1, -0.05) is 28.8 Å². The number of alkyl halides is 3. The van der Waals surface area contributed by atoms with Crippen molar-refractivity contribution in [3.63, 3.8) is 0 Å². The van der Waals surface area contributed by atoms with Crippen LogP contribution in [0.3, 0.4) is 0 Å². The number of benzene rings is 3. The molecule has 3 aromatic carbocycles. The summed E-state index contributed by atoms with van der Waals surface area (Å²) in [4.78, 5) is 17.1. The normalized spacial score (nSPS) is 12.3. The fourth-order valence-electron chi connectivity index (χ4n) is 3.85. The molecule has 0 saturated carbocycles. The van der Waals surface area contributed by atoms with Gasteiger partial charge in [0.05, 0.1) is 28.8 Å². The number of aryl methyl sites for hydroxylation is 1. The lowest BCUT2D eigenvalue weighted by Gasteiger charge is -2.09. The second-order valence-corrected chi connectivity index (χ2v) is 8.57. The number of H-pyrrole nitrogens is 1. The van der Waals surface area contributed by atoms with E-state index < -0.39 is 17.6 Å². The molecule has 9 nitrogen and oxygen atoms in total. The summed E-state index contributed by atoms with van der Waals surface area (Å²) in [6.07, 6.45) is -4.50. The van der Waals surface area contributed by atoms with E-state index in [1.165, 1.54) is 6.07 Å². The molecule has 5 aromatic rings. The van der Waals surface area contributed by atoms with E-state index in [-0.39, 0.29) is 12.5 Å². The van der Waals surface area contributed by atoms with Crippen LogP contribution in [0.2, 0.25) is 5.02 Å². The van der Waals surface area contributed by atoms with Crippen LogP contribution in [-0.4, -0.2) is 35.7 Å². The van der Waals surface area contributed by atoms with Crippen LogP contribution in [0.25, 0.3) is 11.0 Å². The molecule has 2 N–H and O–H groups in total. The van der Waals surface area contributed by atoms with Crippen molar-refractivity contribution in [1.29, 1.82) is 0 Å². The van der Waals surface area contributed by atoms with Gasteiger partial charge in [0.15, 0.2) is 0 Å². The van der Waals surface area contributed by atoms with Crippen molar-refractivity contribution in [3.05, 3.63) is 94.1 Å². The van der Waals surface area contributed by atoms with Gasteiger partial charge in [-0.15, -0.1) is 0 Å². The number of imidazole rings is 1. The number of aromatic nitrogens is 6. The number of rotatable bonds is 5. The average Bonchev–Trinajstić information content (AvgIpc) is 3.47. The van der Waals surface area contributed by atoms with Crippen LogP contribution >= 0.6 is 11.6 Å². The Morgan fingerprint density at radius 1 is 1.05 bits per heavy atom. The zero-order valence-corrected chi connectivity index (χ0v) is 19.9. The van der Waals surface area contributed by atoms with Crippen LogP contribution < -0.4 is 10.9 Å². The van der Waals surface area contributed by atoms with Crippen LogP contribution in [0.15, 0.2) is 71.7 Å². The molecule has 13 heteroatoms. The first kappa shape index (κ1) is 24.3. The molecule has 5 rings (SSSR count). The zero-order chi connectivity index (χ0) is 26.2. The fourth-order valence-corrected chi connectivity index (χ4v) is 3.98. The highest BCUT2D eigenvalue weighted by Crippen LogP contribution is 2.31. The highest BCUT2D eigenvalue weighted by Gasteiger charge is 2.31. The molecule has 0 bridgehead atoms. The van der Waals surface area contributed by atoms with E-state index in [1.54, 1.807) is 64.7 Å². The Balaban J connectivity index is 1.57. The maximum Gasteiger partial charge on any atom is 0.416 e. The third kappa shape index (κ3) is 5.09. The molecule has 0 fully saturated rings. The first-order valence-corrected chi connectivity index (χ1v) is 11.3. The fraction of sp³-hybridized carbons (Fsp3) is 0.125. The van der Waals surface area contributed by atoms with E-state index in [1.807, 2.05) is 0 Å². The summed E-state index contributed by atoms with van der Waals surface area (Å²) in [5.74, 6) is -0.314. The maximum atomic E-state index is 13.5. The van der Waals surface area contributed by atoms with Crippen molar-refractivity contribution < 1.29 is 18.0 Å². The zero-order valence-electron chi connectivity index (χ0n) is 19.2. The van der Waals surface area contributed by atoms with Crippen molar-refractivity contribution >= 4 is 40.2 Å². The van der Waals surface area contributed by atoms with Gasteiger partial charge in [0.2, 0.25) is 11.6 Å². The minimum atomic E-state index is -4.50. The summed E-state index contributed by atoms with van der Waals surface area (Å²) >= 11 is 5.98. The third-order valence-corrected chi connectivity index (χ3v) is 5.94. The molecule has 0 atom stereocenters. The molecule has 37 heavy (non-hydrogen) atoms. The Morgan fingerprint density at radius 3 is 2.43 bits per heavy atom. The van der Waals surface area contributed by atoms with Crippen LogP contribution in [0.5, 0.6) is 0 Å². The van der Waals surface area contributed by atoms with E-state index in [9.17, 15) is 18.0 Å². The first-order valence-electron chi connectivity index (χ1n) is 10.9. The number of aromatic amines is 1. The largest absolute Gasteiger partial charge is 0.416 e. The number of amides is 1. The molecule has 0 radical (unpaired) electrons. The lowest BCUT2D eigenvalue weighted by Crippen LogP contribution is -2.24. The molecular formula is C24H18ClF3N8O. The summed E-state index contributed by atoms with van der Waals surface area (Å²) in [5, 5.41) is 15.9. The highest BCUT2D eigenvalue weighted by molar-refractivity contribution is 6.30. The van der Waals surface area contributed by atoms with Gasteiger partial charge >= 0.3 is 6.18 Å². The molecular weight excluding hydrogens is 509 g/mol.